The van der Waals surface area contributed by atoms with Crippen LogP contribution < -0.4 is 10.6 Å². The zero-order valence-corrected chi connectivity index (χ0v) is 40.0. The molecule has 2 N–H and O–H groups in total. The Balaban J connectivity index is 5.68. The molecule has 0 aliphatic heterocycles. The van der Waals surface area contributed by atoms with E-state index in [1.807, 2.05) is 20.8 Å². The quantitative estimate of drug-likeness (QED) is 0.0368. The highest BCUT2D eigenvalue weighted by molar-refractivity contribution is 7.99. The van der Waals surface area contributed by atoms with Gasteiger partial charge in [-0.25, -0.2) is 9.59 Å². The minimum Gasteiger partial charge on any atom is -0.462 e. The van der Waals surface area contributed by atoms with E-state index in [-0.39, 0.29) is 43.1 Å². The molecular formula is C46H86N2O10S. The molecule has 13 heteroatoms. The maximum absolute atomic E-state index is 13.8. The van der Waals surface area contributed by atoms with Crippen LogP contribution in [0.4, 0.5) is 4.79 Å². The minimum atomic E-state index is -1.16. The van der Waals surface area contributed by atoms with Gasteiger partial charge in [0.25, 0.3) is 0 Å². The van der Waals surface area contributed by atoms with Crippen LogP contribution in [0.15, 0.2) is 0 Å². The molecule has 0 heterocycles. The second kappa shape index (κ2) is 32.2. The third-order valence-electron chi connectivity index (χ3n) is 8.98. The molecule has 0 aromatic carbocycles. The Morgan fingerprint density at radius 2 is 0.966 bits per heavy atom. The third kappa shape index (κ3) is 35.9. The van der Waals surface area contributed by atoms with E-state index in [9.17, 15) is 24.0 Å². The average molecular weight is 859 g/mol. The summed E-state index contributed by atoms with van der Waals surface area (Å²) in [5, 5.41) is 5.34. The van der Waals surface area contributed by atoms with Crippen LogP contribution in [0.5, 0.6) is 0 Å². The summed E-state index contributed by atoms with van der Waals surface area (Å²) < 4.78 is 28.3. The molecule has 59 heavy (non-hydrogen) atoms. The van der Waals surface area contributed by atoms with Gasteiger partial charge in [0.2, 0.25) is 5.91 Å². The zero-order valence-electron chi connectivity index (χ0n) is 39.2. The van der Waals surface area contributed by atoms with Crippen molar-refractivity contribution in [1.82, 2.24) is 10.6 Å². The summed E-state index contributed by atoms with van der Waals surface area (Å²) >= 11 is 1.24. The standard InChI is InChI=1S/C46H86N2O10S/c1-12-14-16-18-20-22-24-26-28-30-39(49)54-32-36(56-40(50)31-29-27-25-23-21-19-17-15-13-2)34-59-35-38(48-43(53)58-46(9,10)11)41(51)47-37(33-55-44(3,4)5)42(52)57-45(6,7)8/h36-38H,12-35H2,1-11H3,(H,47,51)(H,48,53)/t36-,37+,38+/m1/s1. The fourth-order valence-electron chi connectivity index (χ4n) is 5.88. The molecule has 2 amide bonds. The first-order valence-corrected chi connectivity index (χ1v) is 23.9. The fraction of sp³-hybridized carbons (Fsp3) is 0.891. The highest BCUT2D eigenvalue weighted by Gasteiger charge is 2.32. The monoisotopic (exact) mass is 859 g/mol. The molecule has 0 saturated carbocycles. The smallest absolute Gasteiger partial charge is 0.408 e. The maximum Gasteiger partial charge on any atom is 0.408 e. The first-order chi connectivity index (χ1) is 27.7. The molecule has 0 bridgehead atoms. The molecule has 0 spiro atoms. The van der Waals surface area contributed by atoms with Crippen molar-refractivity contribution in [3.05, 3.63) is 0 Å². The van der Waals surface area contributed by atoms with Crippen LogP contribution >= 0.6 is 11.8 Å². The van der Waals surface area contributed by atoms with E-state index in [1.165, 1.54) is 82.4 Å². The normalized spacial score (nSPS) is 13.5. The number of thioether (sulfide) groups is 1. The summed E-state index contributed by atoms with van der Waals surface area (Å²) in [4.78, 5) is 65.6. The van der Waals surface area contributed by atoms with Gasteiger partial charge in [0.1, 0.15) is 30.0 Å². The second-order valence-corrected chi connectivity index (χ2v) is 19.8. The topological polar surface area (TPSA) is 156 Å². The molecule has 3 atom stereocenters. The Morgan fingerprint density at radius 1 is 0.508 bits per heavy atom. The predicted octanol–water partition coefficient (Wildman–Crippen LogP) is 10.6. The van der Waals surface area contributed by atoms with Gasteiger partial charge >= 0.3 is 24.0 Å². The third-order valence-corrected chi connectivity index (χ3v) is 10.2. The van der Waals surface area contributed by atoms with Crippen molar-refractivity contribution in [2.75, 3.05) is 24.7 Å². The van der Waals surface area contributed by atoms with E-state index in [0.29, 0.717) is 12.8 Å². The van der Waals surface area contributed by atoms with Crippen LogP contribution in [-0.2, 0) is 42.9 Å². The molecule has 0 aliphatic carbocycles. The van der Waals surface area contributed by atoms with Crippen LogP contribution in [0, 0.1) is 0 Å². The van der Waals surface area contributed by atoms with E-state index in [1.54, 1.807) is 41.5 Å². The van der Waals surface area contributed by atoms with Gasteiger partial charge in [-0.2, -0.15) is 11.8 Å². The van der Waals surface area contributed by atoms with E-state index in [0.717, 1.165) is 38.5 Å². The highest BCUT2D eigenvalue weighted by Crippen LogP contribution is 2.17. The molecule has 0 aliphatic rings. The van der Waals surface area contributed by atoms with E-state index in [4.69, 9.17) is 23.7 Å². The average Bonchev–Trinajstić information content (AvgIpc) is 3.11. The highest BCUT2D eigenvalue weighted by atomic mass is 32.2. The Morgan fingerprint density at radius 3 is 1.42 bits per heavy atom. The number of nitrogens with one attached hydrogen (secondary N) is 2. The lowest BCUT2D eigenvalue weighted by molar-refractivity contribution is -0.162. The number of rotatable bonds is 33. The summed E-state index contributed by atoms with van der Waals surface area (Å²) in [6, 6.07) is -2.31. The van der Waals surface area contributed by atoms with Crippen LogP contribution in [0.1, 0.15) is 205 Å². The Labute approximate surface area is 363 Å². The number of hydrogen-bond donors (Lipinski definition) is 2. The second-order valence-electron chi connectivity index (χ2n) is 18.7. The largest absolute Gasteiger partial charge is 0.462 e. The molecule has 346 valence electrons. The van der Waals surface area contributed by atoms with Gasteiger partial charge in [-0.15, -0.1) is 0 Å². The Bertz CT molecular complexity index is 1160. The predicted molar refractivity (Wildman–Crippen MR) is 238 cm³/mol. The van der Waals surface area contributed by atoms with Gasteiger partial charge in [-0.1, -0.05) is 117 Å². The van der Waals surface area contributed by atoms with E-state index >= 15 is 0 Å². The Kier molecular flexibility index (Phi) is 30.8. The van der Waals surface area contributed by atoms with Gasteiger partial charge in [-0.3, -0.25) is 14.4 Å². The van der Waals surface area contributed by atoms with Crippen LogP contribution in [-0.4, -0.2) is 89.6 Å². The lowest BCUT2D eigenvalue weighted by Gasteiger charge is -2.29. The number of unbranched alkanes of at least 4 members (excludes halogenated alkanes) is 16. The molecule has 0 aromatic heterocycles. The van der Waals surface area contributed by atoms with Crippen LogP contribution in [0.2, 0.25) is 0 Å². The van der Waals surface area contributed by atoms with Gasteiger partial charge in [0.05, 0.1) is 12.2 Å². The number of alkyl carbamates (subject to hydrolysis) is 1. The first kappa shape index (κ1) is 56.5. The van der Waals surface area contributed by atoms with Crippen molar-refractivity contribution >= 4 is 41.7 Å². The van der Waals surface area contributed by atoms with E-state index < -0.39 is 53.0 Å². The SMILES string of the molecule is CCCCCCCCCCCC(=O)OC[C@H](CSC[C@H](NC(=O)OC(C)(C)C)C(=O)N[C@@H](COC(C)(C)C)C(=O)OC(C)(C)C)OC(=O)CCCCCCCCCCC. The van der Waals surface area contributed by atoms with Gasteiger partial charge in [0, 0.05) is 24.3 Å². The number of hydrogen-bond acceptors (Lipinski definition) is 11. The lowest BCUT2D eigenvalue weighted by Crippen LogP contribution is -2.55. The first-order valence-electron chi connectivity index (χ1n) is 22.7. The summed E-state index contributed by atoms with van der Waals surface area (Å²) in [5.74, 6) is -1.81. The summed E-state index contributed by atoms with van der Waals surface area (Å²) in [5.41, 5.74) is -2.25. The van der Waals surface area contributed by atoms with Crippen molar-refractivity contribution in [2.24, 2.45) is 0 Å². The van der Waals surface area contributed by atoms with E-state index in [2.05, 4.69) is 24.5 Å². The number of ether oxygens (including phenoxy) is 5. The molecule has 0 aromatic rings. The fourth-order valence-corrected chi connectivity index (χ4v) is 6.91. The van der Waals surface area contributed by atoms with Gasteiger partial charge in [0.15, 0.2) is 6.04 Å². The summed E-state index contributed by atoms with van der Waals surface area (Å²) in [6.07, 6.45) is 19.3. The number of esters is 3. The number of carbonyl (C=O) groups excluding carboxylic acids is 5. The van der Waals surface area contributed by atoms with Crippen molar-refractivity contribution in [2.45, 2.75) is 240 Å². The molecule has 12 nitrogen and oxygen atoms in total. The van der Waals surface area contributed by atoms with Crippen molar-refractivity contribution in [1.29, 1.82) is 0 Å². The number of carbonyl (C=O) groups is 5. The van der Waals surface area contributed by atoms with Crippen molar-refractivity contribution < 1.29 is 47.7 Å². The summed E-state index contributed by atoms with van der Waals surface area (Å²) in [6.45, 7) is 20.0. The lowest BCUT2D eigenvalue weighted by atomic mass is 10.1. The molecule has 0 saturated heterocycles. The van der Waals surface area contributed by atoms with Crippen molar-refractivity contribution in [3.63, 3.8) is 0 Å². The molecule has 0 radical (unpaired) electrons. The minimum absolute atomic E-state index is 0.0327. The molecule has 0 fully saturated rings. The molecule has 0 rings (SSSR count). The molecule has 0 unspecified atom stereocenters. The maximum atomic E-state index is 13.8. The molecular weight excluding hydrogens is 773 g/mol. The van der Waals surface area contributed by atoms with Crippen molar-refractivity contribution in [3.8, 4) is 0 Å². The van der Waals surface area contributed by atoms with Gasteiger partial charge in [-0.05, 0) is 75.2 Å². The Hall–Kier alpha value is -2.54. The van der Waals surface area contributed by atoms with Crippen LogP contribution in [0.25, 0.3) is 0 Å². The zero-order chi connectivity index (χ0) is 44.7. The summed E-state index contributed by atoms with van der Waals surface area (Å²) in [7, 11) is 0. The number of amides is 2. The van der Waals surface area contributed by atoms with Gasteiger partial charge < -0.3 is 34.3 Å². The van der Waals surface area contributed by atoms with Crippen LogP contribution in [0.3, 0.4) is 0 Å².